The molecule has 27 heavy (non-hydrogen) atoms. The number of carbonyl (C=O) groups excluding carboxylic acids is 1. The average Bonchev–Trinajstić information content (AvgIpc) is 3.32. The van der Waals surface area contributed by atoms with Crippen LogP contribution in [0.2, 0.25) is 5.02 Å². The van der Waals surface area contributed by atoms with Crippen LogP contribution < -0.4 is 4.90 Å². The van der Waals surface area contributed by atoms with Crippen LogP contribution in [-0.4, -0.2) is 55.2 Å². The molecule has 1 amide bonds. The van der Waals surface area contributed by atoms with Crippen molar-refractivity contribution in [3.05, 3.63) is 23.2 Å². The van der Waals surface area contributed by atoms with Gasteiger partial charge in [-0.25, -0.2) is 4.98 Å². The predicted octanol–water partition coefficient (Wildman–Crippen LogP) is 4.23. The van der Waals surface area contributed by atoms with Crippen molar-refractivity contribution < 1.29 is 9.53 Å². The van der Waals surface area contributed by atoms with Gasteiger partial charge in [-0.1, -0.05) is 35.8 Å². The highest BCUT2D eigenvalue weighted by molar-refractivity contribution is 7.22. The molecule has 1 saturated heterocycles. The van der Waals surface area contributed by atoms with Gasteiger partial charge in [0.25, 0.3) is 0 Å². The van der Waals surface area contributed by atoms with E-state index < -0.39 is 0 Å². The molecule has 0 radical (unpaired) electrons. The maximum atomic E-state index is 13.2. The quantitative estimate of drug-likeness (QED) is 0.713. The zero-order valence-electron chi connectivity index (χ0n) is 15.2. The number of amides is 1. The molecular weight excluding hydrogens is 405 g/mol. The molecule has 0 unspecified atom stereocenters. The topological polar surface area (TPSA) is 45.7 Å². The molecule has 1 aromatic heterocycles. The van der Waals surface area contributed by atoms with E-state index in [4.69, 9.17) is 21.3 Å². The van der Waals surface area contributed by atoms with E-state index in [1.807, 2.05) is 23.1 Å². The van der Waals surface area contributed by atoms with Gasteiger partial charge in [-0.15, -0.1) is 12.4 Å². The van der Waals surface area contributed by atoms with Gasteiger partial charge in [0.05, 0.1) is 23.4 Å². The summed E-state index contributed by atoms with van der Waals surface area (Å²) in [6, 6.07) is 5.71. The molecule has 2 fully saturated rings. The Morgan fingerprint density at radius 3 is 2.78 bits per heavy atom. The number of rotatable bonds is 5. The number of morpholine rings is 1. The van der Waals surface area contributed by atoms with Gasteiger partial charge >= 0.3 is 0 Å². The third kappa shape index (κ3) is 4.93. The van der Waals surface area contributed by atoms with Crippen LogP contribution in [0.4, 0.5) is 5.13 Å². The summed E-state index contributed by atoms with van der Waals surface area (Å²) in [6.45, 7) is 4.95. The Kier molecular flexibility index (Phi) is 7.34. The zero-order valence-corrected chi connectivity index (χ0v) is 17.6. The fourth-order valence-electron chi connectivity index (χ4n) is 3.76. The Hall–Kier alpha value is -0.920. The summed E-state index contributed by atoms with van der Waals surface area (Å²) in [4.78, 5) is 22.2. The van der Waals surface area contributed by atoms with Crippen LogP contribution in [0.5, 0.6) is 0 Å². The van der Waals surface area contributed by atoms with Crippen molar-refractivity contribution >= 4 is 56.6 Å². The van der Waals surface area contributed by atoms with E-state index in [9.17, 15) is 4.79 Å². The van der Waals surface area contributed by atoms with Gasteiger partial charge in [0.15, 0.2) is 5.13 Å². The molecule has 1 aromatic carbocycles. The number of aromatic nitrogens is 1. The molecule has 1 aliphatic carbocycles. The normalized spacial score (nSPS) is 18.6. The molecule has 1 saturated carbocycles. The fraction of sp³-hybridized carbons (Fsp3) is 0.579. The summed E-state index contributed by atoms with van der Waals surface area (Å²) in [6.07, 6.45) is 4.32. The summed E-state index contributed by atoms with van der Waals surface area (Å²) in [7, 11) is 0. The molecule has 0 spiro atoms. The fourth-order valence-corrected chi connectivity index (χ4v) is 5.03. The molecule has 2 heterocycles. The number of benzene rings is 1. The van der Waals surface area contributed by atoms with Crippen LogP contribution in [0, 0.1) is 5.92 Å². The molecule has 2 aromatic rings. The van der Waals surface area contributed by atoms with Crippen LogP contribution in [0.15, 0.2) is 18.2 Å². The molecule has 8 heteroatoms. The molecule has 1 aliphatic heterocycles. The molecule has 2 aliphatic rings. The summed E-state index contributed by atoms with van der Waals surface area (Å²) in [5.74, 6) is 0.385. The van der Waals surface area contributed by atoms with Crippen molar-refractivity contribution in [2.75, 3.05) is 44.3 Å². The van der Waals surface area contributed by atoms with Gasteiger partial charge in [-0.05, 0) is 31.0 Å². The first-order valence-electron chi connectivity index (χ1n) is 9.38. The lowest BCUT2D eigenvalue weighted by Crippen LogP contribution is -2.44. The number of nitrogens with zero attached hydrogens (tertiary/aromatic N) is 3. The van der Waals surface area contributed by atoms with Crippen LogP contribution >= 0.6 is 35.3 Å². The summed E-state index contributed by atoms with van der Waals surface area (Å²) in [5, 5.41) is 1.50. The second kappa shape index (κ2) is 9.52. The Morgan fingerprint density at radius 1 is 1.30 bits per heavy atom. The van der Waals surface area contributed by atoms with Gasteiger partial charge in [0, 0.05) is 37.1 Å². The van der Waals surface area contributed by atoms with E-state index in [0.29, 0.717) is 11.6 Å². The minimum absolute atomic E-state index is 0. The van der Waals surface area contributed by atoms with Gasteiger partial charge in [-0.3, -0.25) is 14.6 Å². The maximum Gasteiger partial charge on any atom is 0.231 e. The zero-order chi connectivity index (χ0) is 17.9. The number of ether oxygens (including phenoxy) is 1. The average molecular weight is 430 g/mol. The Labute approximate surface area is 175 Å². The molecule has 4 rings (SSSR count). The number of hydrogen-bond donors (Lipinski definition) is 0. The van der Waals surface area contributed by atoms with Crippen LogP contribution in [0.25, 0.3) is 10.2 Å². The summed E-state index contributed by atoms with van der Waals surface area (Å²) in [5.41, 5.74) is 0.907. The largest absolute Gasteiger partial charge is 0.379 e. The van der Waals surface area contributed by atoms with Crippen molar-refractivity contribution in [1.82, 2.24) is 9.88 Å². The van der Waals surface area contributed by atoms with E-state index in [-0.39, 0.29) is 24.2 Å². The number of anilines is 1. The van der Waals surface area contributed by atoms with Gasteiger partial charge in [0.1, 0.15) is 0 Å². The predicted molar refractivity (Wildman–Crippen MR) is 113 cm³/mol. The van der Waals surface area contributed by atoms with E-state index in [0.717, 1.165) is 73.9 Å². The second-order valence-electron chi connectivity index (χ2n) is 7.03. The second-order valence-corrected chi connectivity index (χ2v) is 8.48. The molecule has 0 atom stereocenters. The van der Waals surface area contributed by atoms with Gasteiger partial charge in [0.2, 0.25) is 5.91 Å². The Bertz CT molecular complexity index is 773. The van der Waals surface area contributed by atoms with E-state index >= 15 is 0 Å². The lowest BCUT2D eigenvalue weighted by atomic mass is 10.1. The number of carbonyl (C=O) groups is 1. The number of thiazole rings is 1. The lowest BCUT2D eigenvalue weighted by molar-refractivity contribution is -0.122. The molecule has 5 nitrogen and oxygen atoms in total. The van der Waals surface area contributed by atoms with Crippen molar-refractivity contribution in [3.63, 3.8) is 0 Å². The van der Waals surface area contributed by atoms with Crippen molar-refractivity contribution in [1.29, 1.82) is 0 Å². The summed E-state index contributed by atoms with van der Waals surface area (Å²) < 4.78 is 6.46. The smallest absolute Gasteiger partial charge is 0.231 e. The highest BCUT2D eigenvalue weighted by Gasteiger charge is 2.30. The first-order chi connectivity index (χ1) is 12.7. The van der Waals surface area contributed by atoms with Crippen molar-refractivity contribution in [3.8, 4) is 0 Å². The minimum atomic E-state index is 0. The van der Waals surface area contributed by atoms with Crippen LogP contribution in [0.3, 0.4) is 0 Å². The van der Waals surface area contributed by atoms with E-state index in [1.54, 1.807) is 11.3 Å². The van der Waals surface area contributed by atoms with E-state index in [1.165, 1.54) is 0 Å². The van der Waals surface area contributed by atoms with Gasteiger partial charge in [-0.2, -0.15) is 0 Å². The van der Waals surface area contributed by atoms with Gasteiger partial charge < -0.3 is 4.74 Å². The molecule has 148 valence electrons. The standard InChI is InChI=1S/C19H24ClN3O2S.ClH/c20-15-5-6-16-17(13-15)26-19(21-16)23(18(24)14-3-1-2-4-14)8-7-22-9-11-25-12-10-22;/h5-6,13-14H,1-4,7-12H2;1H. The van der Waals surface area contributed by atoms with Crippen LogP contribution in [0.1, 0.15) is 25.7 Å². The highest BCUT2D eigenvalue weighted by Crippen LogP contribution is 2.34. The summed E-state index contributed by atoms with van der Waals surface area (Å²) >= 11 is 7.68. The number of fused-ring (bicyclic) bond motifs is 1. The first-order valence-corrected chi connectivity index (χ1v) is 10.6. The Morgan fingerprint density at radius 2 is 2.04 bits per heavy atom. The minimum Gasteiger partial charge on any atom is -0.379 e. The SMILES string of the molecule is Cl.O=C(C1CCCC1)N(CCN1CCOCC1)c1nc2ccc(Cl)cc2s1. The number of halogens is 2. The highest BCUT2D eigenvalue weighted by atomic mass is 35.5. The maximum absolute atomic E-state index is 13.2. The van der Waals surface area contributed by atoms with Crippen LogP contribution in [-0.2, 0) is 9.53 Å². The monoisotopic (exact) mass is 429 g/mol. The molecular formula is C19H25Cl2N3O2S. The molecule has 0 bridgehead atoms. The lowest BCUT2D eigenvalue weighted by Gasteiger charge is -2.30. The third-order valence-electron chi connectivity index (χ3n) is 5.28. The Balaban J connectivity index is 0.00000210. The van der Waals surface area contributed by atoms with Crippen molar-refractivity contribution in [2.24, 2.45) is 5.92 Å². The number of hydrogen-bond acceptors (Lipinski definition) is 5. The van der Waals surface area contributed by atoms with E-state index in [2.05, 4.69) is 4.90 Å². The molecule has 0 N–H and O–H groups in total. The van der Waals surface area contributed by atoms with Crippen molar-refractivity contribution in [2.45, 2.75) is 25.7 Å². The third-order valence-corrected chi connectivity index (χ3v) is 6.56. The first kappa shape index (κ1) is 20.8.